The lowest BCUT2D eigenvalue weighted by atomic mass is 9.99. The lowest BCUT2D eigenvalue weighted by Gasteiger charge is -2.36. The van der Waals surface area contributed by atoms with E-state index in [9.17, 15) is 14.0 Å². The number of hydrogen-bond donors (Lipinski definition) is 2. The second-order valence-electron chi connectivity index (χ2n) is 9.08. The number of halogens is 1. The number of likely N-dealkylation sites (N-methyl/N-ethyl adjacent to an activating group) is 1. The Morgan fingerprint density at radius 3 is 2.61 bits per heavy atom. The van der Waals surface area contributed by atoms with E-state index in [4.69, 9.17) is 0 Å². The normalized spacial score (nSPS) is 21.8. The van der Waals surface area contributed by atoms with Crippen molar-refractivity contribution in [3.8, 4) is 0 Å². The Morgan fingerprint density at radius 1 is 1.12 bits per heavy atom. The van der Waals surface area contributed by atoms with Gasteiger partial charge in [0.05, 0.1) is 0 Å². The van der Waals surface area contributed by atoms with Crippen LogP contribution in [-0.4, -0.2) is 47.8 Å². The van der Waals surface area contributed by atoms with E-state index in [1.54, 1.807) is 9.80 Å². The van der Waals surface area contributed by atoms with Gasteiger partial charge in [-0.05, 0) is 55.4 Å². The number of amides is 2. The fraction of sp³-hybridized carbons (Fsp3) is 0.462. The quantitative estimate of drug-likeness (QED) is 0.641. The number of benzene rings is 2. The number of hydrogen-bond acceptors (Lipinski definition) is 4. The molecule has 2 fully saturated rings. The molecule has 3 unspecified atom stereocenters. The number of nitrogens with one attached hydrogen (secondary N) is 2. The van der Waals surface area contributed by atoms with E-state index >= 15 is 0 Å². The maximum atomic E-state index is 13.5. The molecule has 0 radical (unpaired) electrons. The van der Waals surface area contributed by atoms with Crippen LogP contribution in [0, 0.1) is 5.82 Å². The number of nitrogens with zero attached hydrogens (tertiary/aromatic N) is 2. The van der Waals surface area contributed by atoms with Crippen molar-refractivity contribution in [2.45, 2.75) is 56.7 Å². The van der Waals surface area contributed by atoms with Crippen LogP contribution in [0.5, 0.6) is 0 Å². The van der Waals surface area contributed by atoms with Crippen molar-refractivity contribution in [3.63, 3.8) is 0 Å². The summed E-state index contributed by atoms with van der Waals surface area (Å²) in [5.74, 6) is -0.197. The molecule has 7 heteroatoms. The Balaban J connectivity index is 1.32. The van der Waals surface area contributed by atoms with Crippen molar-refractivity contribution in [1.29, 1.82) is 0 Å². The van der Waals surface area contributed by atoms with Gasteiger partial charge in [0.25, 0.3) is 0 Å². The fourth-order valence-corrected chi connectivity index (χ4v) is 4.81. The molecule has 0 saturated carbocycles. The third-order valence-corrected chi connectivity index (χ3v) is 6.70. The topological polar surface area (TPSA) is 64.7 Å². The van der Waals surface area contributed by atoms with E-state index in [1.165, 1.54) is 12.1 Å². The molecule has 6 nitrogen and oxygen atoms in total. The molecule has 0 spiro atoms. The molecule has 0 aliphatic carbocycles. The van der Waals surface area contributed by atoms with Crippen molar-refractivity contribution in [3.05, 3.63) is 71.5 Å². The summed E-state index contributed by atoms with van der Waals surface area (Å²) in [4.78, 5) is 29.6. The molecule has 4 rings (SSSR count). The molecule has 2 aliphatic heterocycles. The minimum Gasteiger partial charge on any atom is -0.344 e. The first-order valence-corrected chi connectivity index (χ1v) is 11.9. The standard InChI is InChI=1S/C26H33FN4O2/c1-30(16-7-10-22-18-23(29-28-22)19-12-14-21(27)15-13-19)26(33)25(20-8-3-2-4-9-20)31-17-6-5-11-24(31)32/h2-4,8-9,12-15,22-23,25,28-29H,5-7,10-11,16-18H2,1H3. The van der Waals surface area contributed by atoms with Gasteiger partial charge >= 0.3 is 0 Å². The van der Waals surface area contributed by atoms with Gasteiger partial charge in [-0.2, -0.15) is 0 Å². The Kier molecular flexibility index (Phi) is 7.73. The lowest BCUT2D eigenvalue weighted by molar-refractivity contribution is -0.147. The molecule has 2 aromatic rings. The number of carbonyl (C=O) groups excluding carboxylic acids is 2. The van der Waals surface area contributed by atoms with Crippen molar-refractivity contribution in [2.75, 3.05) is 20.1 Å². The molecule has 2 N–H and O–H groups in total. The molecule has 2 heterocycles. The smallest absolute Gasteiger partial charge is 0.249 e. The summed E-state index contributed by atoms with van der Waals surface area (Å²) in [6, 6.07) is 16.1. The van der Waals surface area contributed by atoms with E-state index < -0.39 is 6.04 Å². The summed E-state index contributed by atoms with van der Waals surface area (Å²) >= 11 is 0. The van der Waals surface area contributed by atoms with Gasteiger partial charge in [0, 0.05) is 38.6 Å². The van der Waals surface area contributed by atoms with Crippen molar-refractivity contribution < 1.29 is 14.0 Å². The van der Waals surface area contributed by atoms with E-state index in [-0.39, 0.29) is 29.7 Å². The minimum absolute atomic E-state index is 0.0295. The molecule has 33 heavy (non-hydrogen) atoms. The van der Waals surface area contributed by atoms with Crippen LogP contribution in [-0.2, 0) is 9.59 Å². The van der Waals surface area contributed by atoms with Crippen molar-refractivity contribution in [1.82, 2.24) is 20.7 Å². The van der Waals surface area contributed by atoms with Gasteiger partial charge in [-0.15, -0.1) is 0 Å². The molecule has 3 atom stereocenters. The second kappa shape index (κ2) is 10.9. The number of hydrazine groups is 1. The monoisotopic (exact) mass is 452 g/mol. The predicted molar refractivity (Wildman–Crippen MR) is 125 cm³/mol. The predicted octanol–water partition coefficient (Wildman–Crippen LogP) is 3.73. The van der Waals surface area contributed by atoms with Gasteiger partial charge in [0.1, 0.15) is 11.9 Å². The maximum absolute atomic E-state index is 13.5. The molecule has 0 aromatic heterocycles. The average molecular weight is 453 g/mol. The summed E-state index contributed by atoms with van der Waals surface area (Å²) in [5.41, 5.74) is 8.56. The van der Waals surface area contributed by atoms with Gasteiger partial charge in [0.2, 0.25) is 11.8 Å². The number of piperidine rings is 1. The van der Waals surface area contributed by atoms with Gasteiger partial charge in [0.15, 0.2) is 0 Å². The molecule has 2 aromatic carbocycles. The molecule has 2 saturated heterocycles. The zero-order chi connectivity index (χ0) is 23.2. The number of rotatable bonds is 8. The summed E-state index contributed by atoms with van der Waals surface area (Å²) in [7, 11) is 1.83. The Hall–Kier alpha value is -2.77. The van der Waals surface area contributed by atoms with Crippen molar-refractivity contribution >= 4 is 11.8 Å². The number of likely N-dealkylation sites (tertiary alicyclic amines) is 1. The van der Waals surface area contributed by atoms with E-state index in [0.29, 0.717) is 19.5 Å². The third kappa shape index (κ3) is 5.78. The molecular formula is C26H33FN4O2. The van der Waals surface area contributed by atoms with Crippen molar-refractivity contribution in [2.24, 2.45) is 0 Å². The van der Waals surface area contributed by atoms with Gasteiger partial charge in [-0.1, -0.05) is 42.5 Å². The van der Waals surface area contributed by atoms with E-state index in [0.717, 1.165) is 43.2 Å². The van der Waals surface area contributed by atoms with Crippen LogP contribution in [0.3, 0.4) is 0 Å². The van der Waals surface area contributed by atoms with Crippen LogP contribution in [0.4, 0.5) is 4.39 Å². The Labute approximate surface area is 195 Å². The van der Waals surface area contributed by atoms with Crippen LogP contribution < -0.4 is 10.9 Å². The first-order valence-electron chi connectivity index (χ1n) is 11.9. The Morgan fingerprint density at radius 2 is 1.88 bits per heavy atom. The van der Waals surface area contributed by atoms with Gasteiger partial charge < -0.3 is 9.80 Å². The highest BCUT2D eigenvalue weighted by Crippen LogP contribution is 2.28. The fourth-order valence-electron chi connectivity index (χ4n) is 4.81. The SMILES string of the molecule is CN(CCCC1CC(c2ccc(F)cc2)NN1)C(=O)C(c1ccccc1)N1CCCCC1=O. The summed E-state index contributed by atoms with van der Waals surface area (Å²) < 4.78 is 13.2. The van der Waals surface area contributed by atoms with Crippen LogP contribution >= 0.6 is 0 Å². The largest absolute Gasteiger partial charge is 0.344 e. The van der Waals surface area contributed by atoms with Crippen LogP contribution in [0.2, 0.25) is 0 Å². The zero-order valence-corrected chi connectivity index (χ0v) is 19.2. The van der Waals surface area contributed by atoms with E-state index in [1.807, 2.05) is 49.5 Å². The molecule has 176 valence electrons. The second-order valence-corrected chi connectivity index (χ2v) is 9.08. The summed E-state index contributed by atoms with van der Waals surface area (Å²) in [6.07, 6.45) is 5.02. The molecular weight excluding hydrogens is 419 g/mol. The first kappa shape index (κ1) is 23.4. The lowest BCUT2D eigenvalue weighted by Crippen LogP contribution is -2.46. The molecule has 2 amide bonds. The Bertz CT molecular complexity index is 937. The summed E-state index contributed by atoms with van der Waals surface area (Å²) in [5, 5.41) is 0. The van der Waals surface area contributed by atoms with Gasteiger partial charge in [-0.25, -0.2) is 4.39 Å². The number of carbonyl (C=O) groups is 2. The highest BCUT2D eigenvalue weighted by Gasteiger charge is 2.34. The summed E-state index contributed by atoms with van der Waals surface area (Å²) in [6.45, 7) is 1.25. The van der Waals surface area contributed by atoms with Crippen LogP contribution in [0.15, 0.2) is 54.6 Å². The maximum Gasteiger partial charge on any atom is 0.249 e. The third-order valence-electron chi connectivity index (χ3n) is 6.70. The minimum atomic E-state index is -0.557. The van der Waals surface area contributed by atoms with Crippen LogP contribution in [0.25, 0.3) is 0 Å². The molecule has 2 aliphatic rings. The van der Waals surface area contributed by atoms with Crippen LogP contribution in [0.1, 0.15) is 61.7 Å². The average Bonchev–Trinajstić information content (AvgIpc) is 3.30. The highest BCUT2D eigenvalue weighted by atomic mass is 19.1. The van der Waals surface area contributed by atoms with E-state index in [2.05, 4.69) is 10.9 Å². The van der Waals surface area contributed by atoms with Gasteiger partial charge in [-0.3, -0.25) is 20.4 Å². The molecule has 0 bridgehead atoms. The first-order chi connectivity index (χ1) is 16.0. The highest BCUT2D eigenvalue weighted by molar-refractivity contribution is 5.89. The zero-order valence-electron chi connectivity index (χ0n) is 19.2.